The van der Waals surface area contributed by atoms with Crippen LogP contribution in [0, 0.1) is 0 Å². The fourth-order valence-electron chi connectivity index (χ4n) is 5.62. The molecule has 0 bridgehead atoms. The number of ether oxygens (including phenoxy) is 2. The van der Waals surface area contributed by atoms with E-state index >= 15 is 0 Å². The first-order chi connectivity index (χ1) is 28.0. The van der Waals surface area contributed by atoms with Crippen LogP contribution >= 0.6 is 7.82 Å². The third-order valence-corrected chi connectivity index (χ3v) is 10.2. The molecule has 0 saturated carbocycles. The van der Waals surface area contributed by atoms with E-state index in [1.165, 1.54) is 51.4 Å². The molecular weight excluding hydrogens is 750 g/mol. The Morgan fingerprint density at radius 2 is 0.966 bits per heavy atom. The monoisotopic (exact) mass is 835 g/mol. The SMILES string of the molecule is CCC/C=C/C/C=C/C/C=C/C/C=C/CCCCCC(=O)OC[C@H](COP(=O)(O)OCC[N+](C)(C)C)OC(=O)CCCCCCCCC/C=C/C/C=C/CCCCC. The standard InChI is InChI=1S/C48H84NO8P/c1-6-8-10-12-14-16-18-20-22-24-26-28-30-32-34-36-38-40-47(50)54-44-46(45-56-58(52,53)55-43-42-49(3,4)5)57-48(51)41-39-37-35-33-31-29-27-25-23-21-19-17-15-13-11-9-7-2/h10,12,15-18,21-24,28,30,46H,6-9,11,13-14,19-20,25-27,29,31-45H2,1-5H3/p+1/b12-10+,17-15+,18-16+,23-21+,24-22+,30-28+/t46-/m1/s1. The molecule has 0 aliphatic heterocycles. The van der Waals surface area contributed by atoms with Crippen LogP contribution in [-0.4, -0.2) is 74.9 Å². The number of phosphoric acid groups is 1. The van der Waals surface area contributed by atoms with E-state index in [9.17, 15) is 19.0 Å². The number of quaternary nitrogens is 1. The van der Waals surface area contributed by atoms with Crippen molar-refractivity contribution in [2.45, 2.75) is 174 Å². The maximum absolute atomic E-state index is 12.7. The summed E-state index contributed by atoms with van der Waals surface area (Å²) in [5, 5.41) is 0. The number of likely N-dealkylation sites (N-methyl/N-ethyl adjacent to an activating group) is 1. The number of hydrogen-bond donors (Lipinski definition) is 1. The summed E-state index contributed by atoms with van der Waals surface area (Å²) < 4.78 is 34.3. The molecule has 0 aromatic rings. The second-order valence-electron chi connectivity index (χ2n) is 16.1. The van der Waals surface area contributed by atoms with E-state index in [0.29, 0.717) is 23.9 Å². The fraction of sp³-hybridized carbons (Fsp3) is 0.708. The van der Waals surface area contributed by atoms with Gasteiger partial charge in [-0.2, -0.15) is 0 Å². The van der Waals surface area contributed by atoms with Gasteiger partial charge in [-0.25, -0.2) is 4.57 Å². The Hall–Kier alpha value is -2.55. The van der Waals surface area contributed by atoms with Crippen molar-refractivity contribution in [3.8, 4) is 0 Å². The molecule has 1 unspecified atom stereocenters. The highest BCUT2D eigenvalue weighted by Crippen LogP contribution is 2.43. The van der Waals surface area contributed by atoms with Crippen LogP contribution in [0.15, 0.2) is 72.9 Å². The summed E-state index contributed by atoms with van der Waals surface area (Å²) in [5.41, 5.74) is 0. The molecular formula is C48H85NO8P+. The number of carbonyl (C=O) groups excluding carboxylic acids is 2. The Bertz CT molecular complexity index is 1220. The molecule has 0 radical (unpaired) electrons. The molecule has 1 N–H and O–H groups in total. The lowest BCUT2D eigenvalue weighted by molar-refractivity contribution is -0.870. The predicted octanol–water partition coefficient (Wildman–Crippen LogP) is 13.0. The largest absolute Gasteiger partial charge is 0.472 e. The third kappa shape index (κ3) is 43.0. The van der Waals surface area contributed by atoms with Gasteiger partial charge in [0.2, 0.25) is 0 Å². The van der Waals surface area contributed by atoms with Gasteiger partial charge in [-0.3, -0.25) is 18.6 Å². The Kier molecular flexibility index (Phi) is 38.1. The highest BCUT2D eigenvalue weighted by molar-refractivity contribution is 7.47. The summed E-state index contributed by atoms with van der Waals surface area (Å²) in [6.07, 6.45) is 49.4. The van der Waals surface area contributed by atoms with Crippen molar-refractivity contribution in [2.75, 3.05) is 47.5 Å². The summed E-state index contributed by atoms with van der Waals surface area (Å²) >= 11 is 0. The molecule has 0 heterocycles. The summed E-state index contributed by atoms with van der Waals surface area (Å²) in [5.74, 6) is -0.849. The van der Waals surface area contributed by atoms with Gasteiger partial charge in [0, 0.05) is 12.8 Å². The molecule has 0 saturated heterocycles. The van der Waals surface area contributed by atoms with Crippen molar-refractivity contribution in [3.63, 3.8) is 0 Å². The van der Waals surface area contributed by atoms with Crippen molar-refractivity contribution >= 4 is 19.8 Å². The van der Waals surface area contributed by atoms with Gasteiger partial charge in [-0.05, 0) is 83.5 Å². The van der Waals surface area contributed by atoms with Crippen molar-refractivity contribution in [2.24, 2.45) is 0 Å². The van der Waals surface area contributed by atoms with Gasteiger partial charge in [0.15, 0.2) is 6.10 Å². The molecule has 0 fully saturated rings. The number of carbonyl (C=O) groups is 2. The quantitative estimate of drug-likeness (QED) is 0.0214. The maximum Gasteiger partial charge on any atom is 0.472 e. The molecule has 0 aliphatic rings. The number of hydrogen-bond acceptors (Lipinski definition) is 7. The first-order valence-electron chi connectivity index (χ1n) is 22.7. The highest BCUT2D eigenvalue weighted by Gasteiger charge is 2.27. The molecule has 58 heavy (non-hydrogen) atoms. The molecule has 0 aromatic carbocycles. The fourth-order valence-corrected chi connectivity index (χ4v) is 6.36. The number of unbranched alkanes of at least 4 members (excludes halogenated alkanes) is 14. The Labute approximate surface area is 355 Å². The molecule has 0 rings (SSSR count). The van der Waals surface area contributed by atoms with Crippen LogP contribution in [0.5, 0.6) is 0 Å². The van der Waals surface area contributed by atoms with Crippen LogP contribution in [0.4, 0.5) is 0 Å². The molecule has 0 aliphatic carbocycles. The topological polar surface area (TPSA) is 108 Å². The molecule has 2 atom stereocenters. The van der Waals surface area contributed by atoms with Gasteiger partial charge in [-0.15, -0.1) is 0 Å². The Morgan fingerprint density at radius 1 is 0.534 bits per heavy atom. The minimum atomic E-state index is -4.39. The smallest absolute Gasteiger partial charge is 0.462 e. The molecule has 0 aromatic heterocycles. The maximum atomic E-state index is 12.7. The van der Waals surface area contributed by atoms with Gasteiger partial charge >= 0.3 is 19.8 Å². The van der Waals surface area contributed by atoms with E-state index in [1.54, 1.807) is 0 Å². The number of esters is 2. The normalized spacial score (nSPS) is 14.2. The number of nitrogens with zero attached hydrogens (tertiary/aromatic N) is 1. The van der Waals surface area contributed by atoms with E-state index in [4.69, 9.17) is 18.5 Å². The van der Waals surface area contributed by atoms with Crippen molar-refractivity contribution in [1.29, 1.82) is 0 Å². The zero-order chi connectivity index (χ0) is 42.8. The number of rotatable bonds is 40. The summed E-state index contributed by atoms with van der Waals surface area (Å²) in [6.45, 7) is 4.27. The van der Waals surface area contributed by atoms with Crippen LogP contribution in [-0.2, 0) is 32.7 Å². The van der Waals surface area contributed by atoms with Crippen LogP contribution in [0.25, 0.3) is 0 Å². The lowest BCUT2D eigenvalue weighted by atomic mass is 10.1. The summed E-state index contributed by atoms with van der Waals surface area (Å²) in [7, 11) is 1.44. The zero-order valence-corrected chi connectivity index (χ0v) is 38.4. The van der Waals surface area contributed by atoms with E-state index in [0.717, 1.165) is 77.0 Å². The van der Waals surface area contributed by atoms with Gasteiger partial charge in [-0.1, -0.05) is 145 Å². The summed E-state index contributed by atoms with van der Waals surface area (Å²) in [4.78, 5) is 35.4. The van der Waals surface area contributed by atoms with Crippen molar-refractivity contribution < 1.29 is 42.1 Å². The lowest BCUT2D eigenvalue weighted by Gasteiger charge is -2.24. The first-order valence-corrected chi connectivity index (χ1v) is 24.2. The van der Waals surface area contributed by atoms with E-state index in [2.05, 4.69) is 86.8 Å². The van der Waals surface area contributed by atoms with Crippen molar-refractivity contribution in [1.82, 2.24) is 0 Å². The highest BCUT2D eigenvalue weighted by atomic mass is 31.2. The van der Waals surface area contributed by atoms with E-state index in [-0.39, 0.29) is 26.1 Å². The molecule has 0 amide bonds. The average Bonchev–Trinajstić information content (AvgIpc) is 3.17. The minimum Gasteiger partial charge on any atom is -0.462 e. The molecule has 334 valence electrons. The first kappa shape index (κ1) is 55.5. The Morgan fingerprint density at radius 3 is 1.47 bits per heavy atom. The van der Waals surface area contributed by atoms with Crippen LogP contribution in [0.2, 0.25) is 0 Å². The molecule has 10 heteroatoms. The second-order valence-corrected chi connectivity index (χ2v) is 17.5. The zero-order valence-electron chi connectivity index (χ0n) is 37.5. The molecule has 0 spiro atoms. The van der Waals surface area contributed by atoms with Crippen molar-refractivity contribution in [3.05, 3.63) is 72.9 Å². The third-order valence-electron chi connectivity index (χ3n) is 9.19. The second kappa shape index (κ2) is 39.9. The lowest BCUT2D eigenvalue weighted by Crippen LogP contribution is -2.37. The van der Waals surface area contributed by atoms with E-state index < -0.39 is 32.5 Å². The summed E-state index contributed by atoms with van der Waals surface area (Å²) in [6, 6.07) is 0. The number of phosphoric ester groups is 1. The van der Waals surface area contributed by atoms with Gasteiger partial charge in [0.1, 0.15) is 19.8 Å². The van der Waals surface area contributed by atoms with Crippen LogP contribution in [0.3, 0.4) is 0 Å². The van der Waals surface area contributed by atoms with Gasteiger partial charge in [0.25, 0.3) is 0 Å². The predicted molar refractivity (Wildman–Crippen MR) is 242 cm³/mol. The average molecular weight is 835 g/mol. The van der Waals surface area contributed by atoms with Crippen LogP contribution in [0.1, 0.15) is 168 Å². The number of allylic oxidation sites excluding steroid dienone is 12. The van der Waals surface area contributed by atoms with Gasteiger partial charge < -0.3 is 18.9 Å². The Balaban J connectivity index is 4.43. The van der Waals surface area contributed by atoms with E-state index in [1.807, 2.05) is 21.1 Å². The molecule has 9 nitrogen and oxygen atoms in total. The minimum absolute atomic E-state index is 0.0211. The van der Waals surface area contributed by atoms with Gasteiger partial charge in [0.05, 0.1) is 27.7 Å². The van der Waals surface area contributed by atoms with Crippen LogP contribution < -0.4 is 0 Å².